The van der Waals surface area contributed by atoms with Crippen LogP contribution in [0.1, 0.15) is 11.1 Å². The molecule has 2 heterocycles. The van der Waals surface area contributed by atoms with Crippen LogP contribution in [0.4, 0.5) is 0 Å². The summed E-state index contributed by atoms with van der Waals surface area (Å²) in [5, 5.41) is 5.95. The summed E-state index contributed by atoms with van der Waals surface area (Å²) >= 11 is 6.47. The highest BCUT2D eigenvalue weighted by Crippen LogP contribution is 2.28. The molecule has 0 aliphatic rings. The zero-order chi connectivity index (χ0) is 16.7. The highest BCUT2D eigenvalue weighted by molar-refractivity contribution is 6.35. The summed E-state index contributed by atoms with van der Waals surface area (Å²) in [5.74, 6) is 0.859. The monoisotopic (exact) mass is 337 g/mol. The molecule has 2 aromatic carbocycles. The van der Waals surface area contributed by atoms with Gasteiger partial charge >= 0.3 is 0 Å². The van der Waals surface area contributed by atoms with Crippen LogP contribution in [0, 0.1) is 0 Å². The number of rotatable bonds is 3. The van der Waals surface area contributed by atoms with Crippen LogP contribution in [-0.2, 0) is 13.5 Å². The summed E-state index contributed by atoms with van der Waals surface area (Å²) in [4.78, 5) is 4.64. The molecule has 0 aliphatic carbocycles. The first-order chi connectivity index (χ1) is 11.6. The molecule has 0 aliphatic heterocycles. The third kappa shape index (κ3) is 2.59. The van der Waals surface area contributed by atoms with Gasteiger partial charge in [-0.15, -0.1) is 0 Å². The van der Waals surface area contributed by atoms with Crippen LogP contribution in [0.25, 0.3) is 21.9 Å². The normalized spacial score (nSPS) is 11.3. The number of methoxy groups -OCH3 is 1. The smallest absolute Gasteiger partial charge is 0.118 e. The van der Waals surface area contributed by atoms with Crippen molar-refractivity contribution in [1.29, 1.82) is 0 Å². The molecule has 0 spiro atoms. The van der Waals surface area contributed by atoms with Crippen molar-refractivity contribution in [1.82, 2.24) is 14.8 Å². The van der Waals surface area contributed by atoms with E-state index in [9.17, 15) is 0 Å². The van der Waals surface area contributed by atoms with Gasteiger partial charge in [0.2, 0.25) is 0 Å². The fraction of sp³-hybridized carbons (Fsp3) is 0.158. The van der Waals surface area contributed by atoms with Crippen molar-refractivity contribution in [3.05, 3.63) is 64.8 Å². The Bertz CT molecular complexity index is 1040. The lowest BCUT2D eigenvalue weighted by atomic mass is 10.0. The number of hydrogen-bond donors (Lipinski definition) is 0. The Morgan fingerprint density at radius 3 is 2.62 bits per heavy atom. The van der Waals surface area contributed by atoms with E-state index in [1.54, 1.807) is 13.3 Å². The minimum absolute atomic E-state index is 0.668. The molecule has 0 radical (unpaired) electrons. The Labute approximate surface area is 144 Å². The van der Waals surface area contributed by atoms with Gasteiger partial charge < -0.3 is 4.74 Å². The maximum atomic E-state index is 6.47. The van der Waals surface area contributed by atoms with Crippen LogP contribution >= 0.6 is 11.6 Å². The Hall–Kier alpha value is -2.59. The van der Waals surface area contributed by atoms with E-state index in [0.717, 1.165) is 39.7 Å². The van der Waals surface area contributed by atoms with Crippen molar-refractivity contribution in [3.8, 4) is 5.75 Å². The number of benzene rings is 2. The second-order valence-electron chi connectivity index (χ2n) is 5.84. The van der Waals surface area contributed by atoms with Crippen molar-refractivity contribution in [2.75, 3.05) is 7.11 Å². The number of hydrogen-bond acceptors (Lipinski definition) is 3. The van der Waals surface area contributed by atoms with Crippen LogP contribution in [0.5, 0.6) is 5.75 Å². The fourth-order valence-electron chi connectivity index (χ4n) is 2.94. The SMILES string of the molecule is COc1ccc(Cc2cc(Cl)c3nc4cnn(C)c4cc3c2)cc1. The molecule has 0 amide bonds. The molecule has 24 heavy (non-hydrogen) atoms. The van der Waals surface area contributed by atoms with Gasteiger partial charge in [-0.1, -0.05) is 23.7 Å². The van der Waals surface area contributed by atoms with Crippen molar-refractivity contribution >= 4 is 33.5 Å². The standard InChI is InChI=1S/C19H16ClN3O/c1-23-18-10-14-8-13(7-12-3-5-15(24-2)6-4-12)9-16(20)19(14)22-17(18)11-21-23/h3-6,8-11H,7H2,1-2H3. The van der Waals surface area contributed by atoms with Gasteiger partial charge in [0.05, 0.1) is 29.4 Å². The molecular formula is C19H16ClN3O. The lowest BCUT2D eigenvalue weighted by Gasteiger charge is -2.07. The van der Waals surface area contributed by atoms with E-state index in [4.69, 9.17) is 16.3 Å². The number of pyridine rings is 1. The minimum Gasteiger partial charge on any atom is -0.497 e. The molecule has 0 unspecified atom stereocenters. The average Bonchev–Trinajstić information content (AvgIpc) is 2.95. The summed E-state index contributed by atoms with van der Waals surface area (Å²) in [6.45, 7) is 0. The maximum Gasteiger partial charge on any atom is 0.118 e. The number of aryl methyl sites for hydroxylation is 1. The quantitative estimate of drug-likeness (QED) is 0.557. The Balaban J connectivity index is 1.77. The van der Waals surface area contributed by atoms with Gasteiger partial charge in [-0.25, -0.2) is 4.98 Å². The molecule has 4 nitrogen and oxygen atoms in total. The number of halogens is 1. The summed E-state index contributed by atoms with van der Waals surface area (Å²) in [7, 11) is 3.59. The lowest BCUT2D eigenvalue weighted by molar-refractivity contribution is 0.414. The zero-order valence-corrected chi connectivity index (χ0v) is 14.2. The number of ether oxygens (including phenoxy) is 1. The Morgan fingerprint density at radius 1 is 1.08 bits per heavy atom. The summed E-state index contributed by atoms with van der Waals surface area (Å²) < 4.78 is 7.03. The third-order valence-corrected chi connectivity index (χ3v) is 4.50. The molecule has 0 saturated heterocycles. The van der Waals surface area contributed by atoms with Crippen molar-refractivity contribution in [3.63, 3.8) is 0 Å². The van der Waals surface area contributed by atoms with Gasteiger partial charge in [-0.05, 0) is 47.9 Å². The second kappa shape index (κ2) is 5.80. The molecule has 0 bridgehead atoms. The van der Waals surface area contributed by atoms with E-state index in [1.165, 1.54) is 5.56 Å². The van der Waals surface area contributed by atoms with E-state index < -0.39 is 0 Å². The summed E-state index contributed by atoms with van der Waals surface area (Å²) in [6.07, 6.45) is 2.57. The number of nitrogens with zero attached hydrogens (tertiary/aromatic N) is 3. The molecule has 2 aromatic heterocycles. The molecule has 0 fully saturated rings. The molecule has 0 saturated carbocycles. The van der Waals surface area contributed by atoms with Gasteiger partial charge in [0, 0.05) is 12.4 Å². The van der Waals surface area contributed by atoms with Crippen LogP contribution in [0.15, 0.2) is 48.7 Å². The highest BCUT2D eigenvalue weighted by atomic mass is 35.5. The predicted octanol–water partition coefficient (Wildman–Crippen LogP) is 4.37. The van der Waals surface area contributed by atoms with Gasteiger partial charge in [0.25, 0.3) is 0 Å². The number of fused-ring (bicyclic) bond motifs is 2. The molecule has 0 N–H and O–H groups in total. The molecular weight excluding hydrogens is 322 g/mol. The van der Waals surface area contributed by atoms with Crippen molar-refractivity contribution in [2.24, 2.45) is 7.05 Å². The van der Waals surface area contributed by atoms with E-state index in [1.807, 2.05) is 29.9 Å². The van der Waals surface area contributed by atoms with E-state index in [0.29, 0.717) is 5.02 Å². The van der Waals surface area contributed by atoms with Gasteiger partial charge in [-0.2, -0.15) is 5.10 Å². The predicted molar refractivity (Wildman–Crippen MR) is 96.8 cm³/mol. The molecule has 120 valence electrons. The molecule has 5 heteroatoms. The zero-order valence-electron chi connectivity index (χ0n) is 13.5. The summed E-state index contributed by atoms with van der Waals surface area (Å²) in [6, 6.07) is 14.3. The van der Waals surface area contributed by atoms with Crippen LogP contribution in [0.3, 0.4) is 0 Å². The summed E-state index contributed by atoms with van der Waals surface area (Å²) in [5.41, 5.74) is 5.03. The van der Waals surface area contributed by atoms with Gasteiger partial charge in [0.1, 0.15) is 11.3 Å². The lowest BCUT2D eigenvalue weighted by Crippen LogP contribution is -1.93. The fourth-order valence-corrected chi connectivity index (χ4v) is 3.24. The highest BCUT2D eigenvalue weighted by Gasteiger charge is 2.09. The van der Waals surface area contributed by atoms with Crippen LogP contribution < -0.4 is 4.74 Å². The van der Waals surface area contributed by atoms with Crippen molar-refractivity contribution in [2.45, 2.75) is 6.42 Å². The van der Waals surface area contributed by atoms with Crippen molar-refractivity contribution < 1.29 is 4.74 Å². The van der Waals surface area contributed by atoms with Crippen LogP contribution in [-0.4, -0.2) is 21.9 Å². The first-order valence-corrected chi connectivity index (χ1v) is 8.05. The average molecular weight is 338 g/mol. The van der Waals surface area contributed by atoms with E-state index >= 15 is 0 Å². The van der Waals surface area contributed by atoms with Gasteiger partial charge in [-0.3, -0.25) is 4.68 Å². The largest absolute Gasteiger partial charge is 0.497 e. The van der Waals surface area contributed by atoms with E-state index in [2.05, 4.69) is 34.3 Å². The molecule has 4 aromatic rings. The topological polar surface area (TPSA) is 39.9 Å². The third-order valence-electron chi connectivity index (χ3n) is 4.21. The van der Waals surface area contributed by atoms with Gasteiger partial charge in [0.15, 0.2) is 0 Å². The molecule has 0 atom stereocenters. The first kappa shape index (κ1) is 15.0. The second-order valence-corrected chi connectivity index (χ2v) is 6.24. The number of aromatic nitrogens is 3. The minimum atomic E-state index is 0.668. The van der Waals surface area contributed by atoms with Crippen LogP contribution in [0.2, 0.25) is 5.02 Å². The Kier molecular flexibility index (Phi) is 3.62. The first-order valence-electron chi connectivity index (χ1n) is 7.68. The Morgan fingerprint density at radius 2 is 1.88 bits per heavy atom. The van der Waals surface area contributed by atoms with E-state index in [-0.39, 0.29) is 0 Å². The maximum absolute atomic E-state index is 6.47. The molecule has 4 rings (SSSR count).